The number of rotatable bonds is 4. The molecule has 0 N–H and O–H groups in total. The number of hydrogen-bond donors (Lipinski definition) is 0. The number of hydrogen-bond acceptors (Lipinski definition) is 2. The molecule has 0 unspecified atom stereocenters. The van der Waals surface area contributed by atoms with Crippen LogP contribution in [0.5, 0.6) is 5.95 Å². The normalized spacial score (nSPS) is 11.2. The summed E-state index contributed by atoms with van der Waals surface area (Å²) in [6.45, 7) is 13.1. The second kappa shape index (κ2) is 7.13. The Balaban J connectivity index is 2.21. The van der Waals surface area contributed by atoms with Gasteiger partial charge < -0.3 is 0 Å². The SMILES string of the molecule is Cc1cc(C)[c]([Ge]([O]c2ccco2)[c]2c(C)cc(C)cc2C)c(C)c1. The molecule has 3 heteroatoms. The van der Waals surface area contributed by atoms with Crippen molar-refractivity contribution in [1.29, 1.82) is 0 Å². The van der Waals surface area contributed by atoms with E-state index >= 15 is 0 Å². The van der Waals surface area contributed by atoms with Crippen LogP contribution in [0.3, 0.4) is 0 Å². The van der Waals surface area contributed by atoms with E-state index in [1.165, 1.54) is 42.2 Å². The molecule has 2 nitrogen and oxygen atoms in total. The van der Waals surface area contributed by atoms with Crippen molar-refractivity contribution < 1.29 is 8.18 Å². The molecule has 0 bridgehead atoms. The van der Waals surface area contributed by atoms with Gasteiger partial charge in [0.1, 0.15) is 0 Å². The zero-order chi connectivity index (χ0) is 18.1. The molecule has 3 rings (SSSR count). The number of aryl methyl sites for hydroxylation is 6. The number of benzene rings is 2. The van der Waals surface area contributed by atoms with Gasteiger partial charge in [-0.25, -0.2) is 0 Å². The van der Waals surface area contributed by atoms with Gasteiger partial charge in [-0.2, -0.15) is 0 Å². The molecule has 0 aliphatic rings. The topological polar surface area (TPSA) is 22.4 Å². The second-order valence-corrected chi connectivity index (χ2v) is 10.8. The minimum atomic E-state index is -2.29. The molecule has 2 aromatic carbocycles. The van der Waals surface area contributed by atoms with Crippen LogP contribution in [-0.2, 0) is 0 Å². The third-order valence-electron chi connectivity index (χ3n) is 4.51. The summed E-state index contributed by atoms with van der Waals surface area (Å²) in [7, 11) is 0. The zero-order valence-electron chi connectivity index (χ0n) is 15.9. The monoisotopic (exact) mass is 395 g/mol. The quantitative estimate of drug-likeness (QED) is 0.616. The standard InChI is InChI=1S/C22H25GeO2/c1-14-10-16(3)21(17(4)11-14)23(25-20-8-7-9-24-20)22-18(5)12-15(2)13-19(22)6/h7-13H,1-6H3. The Kier molecular flexibility index (Phi) is 5.09. The molecule has 0 aliphatic carbocycles. The first-order valence-corrected chi connectivity index (χ1v) is 11.6. The second-order valence-electron chi connectivity index (χ2n) is 6.91. The summed E-state index contributed by atoms with van der Waals surface area (Å²) in [5.41, 5.74) is 7.87. The van der Waals surface area contributed by atoms with Crippen LogP contribution < -0.4 is 12.6 Å². The van der Waals surface area contributed by atoms with Crippen LogP contribution >= 0.6 is 0 Å². The predicted octanol–water partition coefficient (Wildman–Crippen LogP) is 4.31. The average molecular weight is 394 g/mol. The average Bonchev–Trinajstić information content (AvgIpc) is 2.97. The van der Waals surface area contributed by atoms with Crippen molar-refractivity contribution in [2.75, 3.05) is 0 Å². The molecule has 129 valence electrons. The molecule has 1 radical (unpaired) electrons. The van der Waals surface area contributed by atoms with Crippen LogP contribution in [-0.4, -0.2) is 14.7 Å². The molecular weight excluding hydrogens is 369 g/mol. The van der Waals surface area contributed by atoms with E-state index < -0.39 is 14.7 Å². The van der Waals surface area contributed by atoms with Crippen molar-refractivity contribution >= 4 is 23.5 Å². The fourth-order valence-electron chi connectivity index (χ4n) is 3.73. The van der Waals surface area contributed by atoms with E-state index in [4.69, 9.17) is 8.18 Å². The summed E-state index contributed by atoms with van der Waals surface area (Å²) >= 11 is -2.29. The fourth-order valence-corrected chi connectivity index (χ4v) is 8.96. The first-order chi connectivity index (χ1) is 11.9. The molecule has 25 heavy (non-hydrogen) atoms. The third kappa shape index (κ3) is 3.69. The van der Waals surface area contributed by atoms with Crippen molar-refractivity contribution in [3.8, 4) is 5.95 Å². The fraction of sp³-hybridized carbons (Fsp3) is 0.273. The summed E-state index contributed by atoms with van der Waals surface area (Å²) in [6.07, 6.45) is 1.68. The van der Waals surface area contributed by atoms with Gasteiger partial charge in [-0.05, 0) is 0 Å². The molecule has 0 spiro atoms. The van der Waals surface area contributed by atoms with Crippen LogP contribution in [0.1, 0.15) is 33.4 Å². The van der Waals surface area contributed by atoms with Gasteiger partial charge in [-0.3, -0.25) is 0 Å². The van der Waals surface area contributed by atoms with Gasteiger partial charge in [-0.1, -0.05) is 0 Å². The van der Waals surface area contributed by atoms with Gasteiger partial charge in [0, 0.05) is 0 Å². The van der Waals surface area contributed by atoms with Crippen LogP contribution in [0, 0.1) is 41.5 Å². The van der Waals surface area contributed by atoms with Gasteiger partial charge in [0.15, 0.2) is 0 Å². The predicted molar refractivity (Wildman–Crippen MR) is 106 cm³/mol. The van der Waals surface area contributed by atoms with Gasteiger partial charge >= 0.3 is 155 Å². The van der Waals surface area contributed by atoms with E-state index in [-0.39, 0.29) is 0 Å². The Labute approximate surface area is 155 Å². The summed E-state index contributed by atoms with van der Waals surface area (Å²) < 4.78 is 14.8. The molecule has 3 aromatic rings. The number of furan rings is 1. The molecule has 0 saturated carbocycles. The summed E-state index contributed by atoms with van der Waals surface area (Å²) in [5.74, 6) is 0.619. The Morgan fingerprint density at radius 1 is 0.720 bits per heavy atom. The Morgan fingerprint density at radius 2 is 1.16 bits per heavy atom. The summed E-state index contributed by atoms with van der Waals surface area (Å²) in [6, 6.07) is 12.8. The molecular formula is C22H25GeO2. The van der Waals surface area contributed by atoms with E-state index in [0.717, 1.165) is 0 Å². The molecule has 0 fully saturated rings. The van der Waals surface area contributed by atoms with E-state index in [9.17, 15) is 0 Å². The molecule has 1 aromatic heterocycles. The van der Waals surface area contributed by atoms with Crippen molar-refractivity contribution in [3.63, 3.8) is 0 Å². The minimum absolute atomic E-state index is 0.619. The van der Waals surface area contributed by atoms with Crippen molar-refractivity contribution in [2.24, 2.45) is 0 Å². The van der Waals surface area contributed by atoms with E-state index in [1.54, 1.807) is 6.26 Å². The third-order valence-corrected chi connectivity index (χ3v) is 10.6. The van der Waals surface area contributed by atoms with E-state index in [0.29, 0.717) is 5.95 Å². The molecule has 0 saturated heterocycles. The van der Waals surface area contributed by atoms with E-state index in [2.05, 4.69) is 65.8 Å². The first-order valence-electron chi connectivity index (χ1n) is 8.61. The van der Waals surface area contributed by atoms with Crippen molar-refractivity contribution in [2.45, 2.75) is 41.5 Å². The maximum absolute atomic E-state index is 6.53. The summed E-state index contributed by atoms with van der Waals surface area (Å²) in [5, 5.41) is 0. The molecule has 1 heterocycles. The van der Waals surface area contributed by atoms with Gasteiger partial charge in [-0.15, -0.1) is 0 Å². The van der Waals surface area contributed by atoms with Crippen LogP contribution in [0.15, 0.2) is 47.1 Å². The Bertz CT molecular complexity index is 791. The molecule has 0 amide bonds. The van der Waals surface area contributed by atoms with Gasteiger partial charge in [0.25, 0.3) is 0 Å². The van der Waals surface area contributed by atoms with E-state index in [1.807, 2.05) is 12.1 Å². The van der Waals surface area contributed by atoms with Gasteiger partial charge in [0.2, 0.25) is 0 Å². The maximum atomic E-state index is 6.53. The van der Waals surface area contributed by atoms with Crippen molar-refractivity contribution in [1.82, 2.24) is 0 Å². The van der Waals surface area contributed by atoms with Crippen LogP contribution in [0.4, 0.5) is 0 Å². The van der Waals surface area contributed by atoms with Crippen LogP contribution in [0.2, 0.25) is 0 Å². The van der Waals surface area contributed by atoms with Gasteiger partial charge in [0.05, 0.1) is 0 Å². The molecule has 0 aliphatic heterocycles. The van der Waals surface area contributed by atoms with Crippen molar-refractivity contribution in [3.05, 3.63) is 76.0 Å². The van der Waals surface area contributed by atoms with Crippen LogP contribution in [0.25, 0.3) is 0 Å². The Morgan fingerprint density at radius 3 is 1.52 bits per heavy atom. The zero-order valence-corrected chi connectivity index (χ0v) is 18.0. The summed E-state index contributed by atoms with van der Waals surface area (Å²) in [4.78, 5) is 0. The molecule has 0 atom stereocenters. The first kappa shape index (κ1) is 17.9. The Hall–Kier alpha value is -1.94.